The third-order valence-electron chi connectivity index (χ3n) is 1.96. The Balaban J connectivity index is 2.08. The molecule has 0 bridgehead atoms. The number of anilines is 2. The highest BCUT2D eigenvalue weighted by Gasteiger charge is 2.06. The van der Waals surface area contributed by atoms with Gasteiger partial charge in [-0.1, -0.05) is 6.07 Å². The molecule has 1 heterocycles. The predicted molar refractivity (Wildman–Crippen MR) is 75.9 cm³/mol. The van der Waals surface area contributed by atoms with Crippen LogP contribution < -0.4 is 5.32 Å². The number of benzene rings is 1. The summed E-state index contributed by atoms with van der Waals surface area (Å²) in [5.74, 6) is -0.865. The van der Waals surface area contributed by atoms with Gasteiger partial charge in [-0.3, -0.25) is 4.79 Å². The summed E-state index contributed by atoms with van der Waals surface area (Å²) >= 11 is 3.64. The van der Waals surface area contributed by atoms with E-state index in [9.17, 15) is 4.79 Å². The summed E-state index contributed by atoms with van der Waals surface area (Å²) in [6, 6.07) is 7.90. The number of aromatic nitrogens is 1. The van der Waals surface area contributed by atoms with Gasteiger partial charge < -0.3 is 10.4 Å². The summed E-state index contributed by atoms with van der Waals surface area (Å²) in [5, 5.41) is 14.3. The van der Waals surface area contributed by atoms with Crippen molar-refractivity contribution in [3.63, 3.8) is 0 Å². The molecule has 1 aromatic heterocycles. The van der Waals surface area contributed by atoms with Crippen molar-refractivity contribution in [3.8, 4) is 0 Å². The van der Waals surface area contributed by atoms with E-state index in [-0.39, 0.29) is 6.42 Å². The summed E-state index contributed by atoms with van der Waals surface area (Å²) in [7, 11) is 0. The molecule has 2 N–H and O–H groups in total. The number of halogens is 1. The second-order valence-corrected chi connectivity index (χ2v) is 5.45. The SMILES string of the molecule is O=C(O)Cc1csc(Nc2cccc(I)c2)n1. The van der Waals surface area contributed by atoms with Crippen LogP contribution in [0.25, 0.3) is 0 Å². The number of carbonyl (C=O) groups is 1. The van der Waals surface area contributed by atoms with Gasteiger partial charge in [-0.05, 0) is 40.8 Å². The third kappa shape index (κ3) is 3.67. The van der Waals surface area contributed by atoms with Crippen LogP contribution in [0.3, 0.4) is 0 Å². The van der Waals surface area contributed by atoms with Crippen LogP contribution in [0.5, 0.6) is 0 Å². The van der Waals surface area contributed by atoms with E-state index in [2.05, 4.69) is 32.9 Å². The number of carboxylic acid groups (broad SMARTS) is 1. The molecule has 0 aliphatic rings. The minimum Gasteiger partial charge on any atom is -0.481 e. The fraction of sp³-hybridized carbons (Fsp3) is 0.0909. The number of nitrogens with one attached hydrogen (secondary N) is 1. The molecule has 0 radical (unpaired) electrons. The molecule has 0 saturated heterocycles. The van der Waals surface area contributed by atoms with Crippen LogP contribution >= 0.6 is 33.9 Å². The Morgan fingerprint density at radius 3 is 3.06 bits per heavy atom. The third-order valence-corrected chi connectivity index (χ3v) is 3.44. The quantitative estimate of drug-likeness (QED) is 0.823. The zero-order chi connectivity index (χ0) is 12.3. The van der Waals surface area contributed by atoms with Crippen molar-refractivity contribution >= 4 is 50.7 Å². The summed E-state index contributed by atoms with van der Waals surface area (Å²) in [5.41, 5.74) is 1.53. The van der Waals surface area contributed by atoms with Gasteiger partial charge in [-0.25, -0.2) is 4.98 Å². The Morgan fingerprint density at radius 1 is 1.53 bits per heavy atom. The first kappa shape index (κ1) is 12.3. The number of hydrogen-bond donors (Lipinski definition) is 2. The average Bonchev–Trinajstić information content (AvgIpc) is 2.64. The van der Waals surface area contributed by atoms with Crippen molar-refractivity contribution in [1.82, 2.24) is 4.98 Å². The van der Waals surface area contributed by atoms with E-state index in [1.807, 2.05) is 24.3 Å². The Kier molecular flexibility index (Phi) is 3.95. The van der Waals surface area contributed by atoms with Crippen molar-refractivity contribution in [2.45, 2.75) is 6.42 Å². The van der Waals surface area contributed by atoms with Crippen molar-refractivity contribution in [2.75, 3.05) is 5.32 Å². The number of carboxylic acids is 1. The van der Waals surface area contributed by atoms with Crippen LogP contribution in [0, 0.1) is 3.57 Å². The molecule has 0 unspecified atom stereocenters. The Labute approximate surface area is 116 Å². The van der Waals surface area contributed by atoms with Gasteiger partial charge in [0.2, 0.25) is 0 Å². The minimum atomic E-state index is -0.865. The molecule has 4 nitrogen and oxygen atoms in total. The molecule has 0 aliphatic heterocycles. The minimum absolute atomic E-state index is 0.0372. The first-order chi connectivity index (χ1) is 8.13. The van der Waals surface area contributed by atoms with Crippen LogP contribution in [0.15, 0.2) is 29.6 Å². The molecule has 6 heteroatoms. The van der Waals surface area contributed by atoms with Crippen molar-refractivity contribution in [2.24, 2.45) is 0 Å². The summed E-state index contributed by atoms with van der Waals surface area (Å²) < 4.78 is 1.13. The second kappa shape index (κ2) is 5.46. The fourth-order valence-corrected chi connectivity index (χ4v) is 2.56. The number of rotatable bonds is 4. The lowest BCUT2D eigenvalue weighted by Crippen LogP contribution is -2.00. The maximum atomic E-state index is 10.5. The first-order valence-electron chi connectivity index (χ1n) is 4.82. The topological polar surface area (TPSA) is 62.2 Å². The van der Waals surface area contributed by atoms with E-state index < -0.39 is 5.97 Å². The highest BCUT2D eigenvalue weighted by atomic mass is 127. The molecular weight excluding hydrogens is 351 g/mol. The van der Waals surface area contributed by atoms with E-state index in [1.165, 1.54) is 11.3 Å². The number of aliphatic carboxylic acids is 1. The monoisotopic (exact) mass is 360 g/mol. The van der Waals surface area contributed by atoms with Crippen molar-refractivity contribution in [1.29, 1.82) is 0 Å². The molecule has 0 spiro atoms. The molecule has 0 saturated carbocycles. The Morgan fingerprint density at radius 2 is 2.35 bits per heavy atom. The molecular formula is C11H9IN2O2S. The van der Waals surface area contributed by atoms with Gasteiger partial charge in [0.25, 0.3) is 0 Å². The highest BCUT2D eigenvalue weighted by Crippen LogP contribution is 2.22. The van der Waals surface area contributed by atoms with E-state index in [1.54, 1.807) is 5.38 Å². The van der Waals surface area contributed by atoms with Gasteiger partial charge in [-0.15, -0.1) is 11.3 Å². The second-order valence-electron chi connectivity index (χ2n) is 3.35. The van der Waals surface area contributed by atoms with Gasteiger partial charge >= 0.3 is 5.97 Å². The fourth-order valence-electron chi connectivity index (χ4n) is 1.29. The molecule has 0 atom stereocenters. The van der Waals surface area contributed by atoms with Crippen LogP contribution in [-0.4, -0.2) is 16.1 Å². The Bertz CT molecular complexity index is 542. The zero-order valence-electron chi connectivity index (χ0n) is 8.68. The standard InChI is InChI=1S/C11H9IN2O2S/c12-7-2-1-3-8(4-7)13-11-14-9(6-17-11)5-10(15)16/h1-4,6H,5H2,(H,13,14)(H,15,16). The summed E-state index contributed by atoms with van der Waals surface area (Å²) in [4.78, 5) is 14.7. The molecule has 0 aliphatic carbocycles. The van der Waals surface area contributed by atoms with Crippen LogP contribution in [-0.2, 0) is 11.2 Å². The normalized spacial score (nSPS) is 10.2. The molecule has 17 heavy (non-hydrogen) atoms. The van der Waals surface area contributed by atoms with E-state index in [0.717, 1.165) is 9.26 Å². The van der Waals surface area contributed by atoms with Gasteiger partial charge in [0.15, 0.2) is 5.13 Å². The zero-order valence-corrected chi connectivity index (χ0v) is 11.7. The largest absolute Gasteiger partial charge is 0.481 e. The van der Waals surface area contributed by atoms with Crippen LogP contribution in [0.2, 0.25) is 0 Å². The molecule has 88 valence electrons. The molecule has 1 aromatic carbocycles. The molecule has 2 aromatic rings. The predicted octanol–water partition coefficient (Wildman–Crippen LogP) is 3.12. The lowest BCUT2D eigenvalue weighted by atomic mass is 10.3. The first-order valence-corrected chi connectivity index (χ1v) is 6.78. The molecule has 0 amide bonds. The van der Waals surface area contributed by atoms with Crippen LogP contribution in [0.1, 0.15) is 5.69 Å². The lowest BCUT2D eigenvalue weighted by molar-refractivity contribution is -0.136. The van der Waals surface area contributed by atoms with E-state index in [0.29, 0.717) is 10.8 Å². The van der Waals surface area contributed by atoms with E-state index in [4.69, 9.17) is 5.11 Å². The number of thiazole rings is 1. The van der Waals surface area contributed by atoms with Gasteiger partial charge in [0.05, 0.1) is 12.1 Å². The van der Waals surface area contributed by atoms with Gasteiger partial charge in [0.1, 0.15) is 0 Å². The maximum absolute atomic E-state index is 10.5. The molecule has 0 fully saturated rings. The average molecular weight is 360 g/mol. The lowest BCUT2D eigenvalue weighted by Gasteiger charge is -2.02. The molecule has 2 rings (SSSR count). The Hall–Kier alpha value is -1.15. The van der Waals surface area contributed by atoms with E-state index >= 15 is 0 Å². The number of nitrogens with zero attached hydrogens (tertiary/aromatic N) is 1. The number of hydrogen-bond acceptors (Lipinski definition) is 4. The van der Waals surface area contributed by atoms with Crippen molar-refractivity contribution in [3.05, 3.63) is 38.9 Å². The van der Waals surface area contributed by atoms with Crippen molar-refractivity contribution < 1.29 is 9.90 Å². The summed E-state index contributed by atoms with van der Waals surface area (Å²) in [6.07, 6.45) is -0.0372. The van der Waals surface area contributed by atoms with Gasteiger partial charge in [-0.2, -0.15) is 0 Å². The van der Waals surface area contributed by atoms with Crippen LogP contribution in [0.4, 0.5) is 10.8 Å². The van der Waals surface area contributed by atoms with Gasteiger partial charge in [0, 0.05) is 14.6 Å². The summed E-state index contributed by atoms with van der Waals surface area (Å²) in [6.45, 7) is 0. The maximum Gasteiger partial charge on any atom is 0.309 e. The highest BCUT2D eigenvalue weighted by molar-refractivity contribution is 14.1. The smallest absolute Gasteiger partial charge is 0.309 e.